The van der Waals surface area contributed by atoms with E-state index in [9.17, 15) is 20.5 Å². The number of nitro groups is 1. The van der Waals surface area contributed by atoms with Crippen LogP contribution in [0.5, 0.6) is 0 Å². The molecule has 0 unspecified atom stereocenters. The minimum absolute atomic E-state index is 0.0646. The lowest BCUT2D eigenvalue weighted by Gasteiger charge is -2.04. The van der Waals surface area contributed by atoms with Crippen LogP contribution in [0.3, 0.4) is 0 Å². The van der Waals surface area contributed by atoms with Gasteiger partial charge < -0.3 is 5.11 Å². The van der Waals surface area contributed by atoms with Crippen molar-refractivity contribution in [1.82, 2.24) is 0 Å². The lowest BCUT2D eigenvalue weighted by molar-refractivity contribution is -0.384. The summed E-state index contributed by atoms with van der Waals surface area (Å²) in [4.78, 5) is 10.1. The van der Waals surface area contributed by atoms with Crippen LogP contribution in [0.15, 0.2) is 54.6 Å². The van der Waals surface area contributed by atoms with Gasteiger partial charge in [-0.15, -0.1) is 0 Å². The van der Waals surface area contributed by atoms with E-state index in [2.05, 4.69) is 0 Å². The van der Waals surface area contributed by atoms with Crippen LogP contribution in [0.2, 0.25) is 0 Å². The zero-order chi connectivity index (χ0) is 14.5. The maximum Gasteiger partial charge on any atom is 0.269 e. The van der Waals surface area contributed by atoms with Gasteiger partial charge in [0.25, 0.3) is 5.69 Å². The van der Waals surface area contributed by atoms with E-state index in [-0.39, 0.29) is 17.0 Å². The summed E-state index contributed by atoms with van der Waals surface area (Å²) in [5.41, 5.74) is 0.957. The van der Waals surface area contributed by atoms with Gasteiger partial charge in [-0.1, -0.05) is 30.3 Å². The molecule has 0 aliphatic rings. The van der Waals surface area contributed by atoms with E-state index >= 15 is 0 Å². The van der Waals surface area contributed by atoms with Crippen LogP contribution in [0, 0.1) is 21.4 Å². The molecule has 0 saturated carbocycles. The zero-order valence-corrected chi connectivity index (χ0v) is 10.4. The molecular formula is C15H10N2O3. The summed E-state index contributed by atoms with van der Waals surface area (Å²) < 4.78 is 0. The number of benzene rings is 2. The molecule has 0 spiro atoms. The molecule has 0 saturated heterocycles. The number of nitrogens with zero attached hydrogens (tertiary/aromatic N) is 2. The Kier molecular flexibility index (Phi) is 3.77. The third-order valence-electron chi connectivity index (χ3n) is 2.76. The van der Waals surface area contributed by atoms with Gasteiger partial charge in [0.1, 0.15) is 17.4 Å². The Bertz CT molecular complexity index is 698. The Labute approximate surface area is 115 Å². The molecule has 0 amide bonds. The number of hydrogen-bond acceptors (Lipinski definition) is 4. The standard InChI is InChI=1S/C15H10N2O3/c16-10-14(15(18)12-4-2-1-3-5-12)11-6-8-13(9-7-11)17(19)20/h1-9,18H/b15-14-/i10+1. The highest BCUT2D eigenvalue weighted by Crippen LogP contribution is 2.25. The molecule has 98 valence electrons. The van der Waals surface area contributed by atoms with Crippen molar-refractivity contribution in [2.75, 3.05) is 0 Å². The predicted octanol–water partition coefficient (Wildman–Crippen LogP) is 3.54. The van der Waals surface area contributed by atoms with Gasteiger partial charge in [-0.2, -0.15) is 5.26 Å². The molecule has 0 radical (unpaired) electrons. The second-order valence-electron chi connectivity index (χ2n) is 4.01. The third kappa shape index (κ3) is 2.65. The first kappa shape index (κ1) is 13.3. The van der Waals surface area contributed by atoms with Crippen molar-refractivity contribution >= 4 is 17.0 Å². The fourth-order valence-corrected chi connectivity index (χ4v) is 1.74. The number of aliphatic hydroxyl groups is 1. The van der Waals surface area contributed by atoms with Crippen molar-refractivity contribution in [2.24, 2.45) is 0 Å². The normalized spacial score (nSPS) is 11.3. The van der Waals surface area contributed by atoms with Crippen LogP contribution in [-0.2, 0) is 0 Å². The largest absolute Gasteiger partial charge is 0.506 e. The second kappa shape index (κ2) is 5.67. The van der Waals surface area contributed by atoms with Gasteiger partial charge in [0.05, 0.1) is 4.92 Å². The second-order valence-corrected chi connectivity index (χ2v) is 4.01. The monoisotopic (exact) mass is 267 g/mol. The van der Waals surface area contributed by atoms with Crippen LogP contribution in [0.4, 0.5) is 5.69 Å². The van der Waals surface area contributed by atoms with Gasteiger partial charge in [-0.25, -0.2) is 0 Å². The zero-order valence-electron chi connectivity index (χ0n) is 10.4. The van der Waals surface area contributed by atoms with Gasteiger partial charge in [0, 0.05) is 17.7 Å². The highest BCUT2D eigenvalue weighted by molar-refractivity contribution is 5.94. The number of rotatable bonds is 3. The Hall–Kier alpha value is -3.13. The Morgan fingerprint density at radius 1 is 1.05 bits per heavy atom. The molecule has 0 heterocycles. The molecule has 0 fully saturated rings. The van der Waals surface area contributed by atoms with Crippen LogP contribution in [-0.4, -0.2) is 10.0 Å². The predicted molar refractivity (Wildman–Crippen MR) is 74.6 cm³/mol. The number of non-ortho nitro benzene ring substituents is 1. The molecule has 1 N–H and O–H groups in total. The molecule has 2 rings (SSSR count). The summed E-state index contributed by atoms with van der Waals surface area (Å²) in [6, 6.07) is 16.0. The van der Waals surface area contributed by atoms with E-state index in [0.29, 0.717) is 11.1 Å². The van der Waals surface area contributed by atoms with Gasteiger partial charge in [-0.05, 0) is 17.7 Å². The van der Waals surface area contributed by atoms with E-state index in [1.165, 1.54) is 24.3 Å². The quantitative estimate of drug-likeness (QED) is 0.230. The fraction of sp³-hybridized carbons (Fsp3) is 0. The molecule has 5 heteroatoms. The molecule has 0 aromatic heterocycles. The number of hydrogen-bond donors (Lipinski definition) is 1. The van der Waals surface area contributed by atoms with Gasteiger partial charge >= 0.3 is 0 Å². The summed E-state index contributed by atoms with van der Waals surface area (Å²) >= 11 is 0. The van der Waals surface area contributed by atoms with Crippen LogP contribution < -0.4 is 0 Å². The number of nitro benzene ring substituents is 1. The minimum Gasteiger partial charge on any atom is -0.506 e. The Morgan fingerprint density at radius 2 is 1.65 bits per heavy atom. The maximum absolute atomic E-state index is 10.6. The molecular weight excluding hydrogens is 257 g/mol. The highest BCUT2D eigenvalue weighted by atomic mass is 16.6. The summed E-state index contributed by atoms with van der Waals surface area (Å²) in [6.07, 6.45) is 0. The van der Waals surface area contributed by atoms with Gasteiger partial charge in [-0.3, -0.25) is 10.1 Å². The number of aliphatic hydroxyl groups excluding tert-OH is 1. The van der Waals surface area contributed by atoms with Crippen LogP contribution in [0.1, 0.15) is 11.1 Å². The maximum atomic E-state index is 10.6. The van der Waals surface area contributed by atoms with E-state index in [0.717, 1.165) is 0 Å². The molecule has 20 heavy (non-hydrogen) atoms. The summed E-state index contributed by atoms with van der Waals surface area (Å²) in [6.45, 7) is 0. The average molecular weight is 267 g/mol. The molecule has 0 atom stereocenters. The minimum atomic E-state index is -0.517. The lowest BCUT2D eigenvalue weighted by atomic mass is 10.1. The van der Waals surface area contributed by atoms with Crippen molar-refractivity contribution in [2.45, 2.75) is 0 Å². The average Bonchev–Trinajstić information content (AvgIpc) is 2.49. The molecule has 0 aliphatic heterocycles. The number of allylic oxidation sites excluding steroid dienone is 1. The summed E-state index contributed by atoms with van der Waals surface area (Å²) in [5.74, 6) is -0.151. The first-order valence-electron chi connectivity index (χ1n) is 5.77. The van der Waals surface area contributed by atoms with Crippen LogP contribution in [0.25, 0.3) is 11.3 Å². The molecule has 5 nitrogen and oxygen atoms in total. The van der Waals surface area contributed by atoms with E-state index in [4.69, 9.17) is 0 Å². The Morgan fingerprint density at radius 3 is 2.15 bits per heavy atom. The molecule has 0 bridgehead atoms. The van der Waals surface area contributed by atoms with Crippen molar-refractivity contribution in [1.29, 1.82) is 5.26 Å². The van der Waals surface area contributed by atoms with Crippen LogP contribution >= 0.6 is 0 Å². The summed E-state index contributed by atoms with van der Waals surface area (Å²) in [5, 5.41) is 29.9. The molecule has 0 aliphatic carbocycles. The summed E-state index contributed by atoms with van der Waals surface area (Å²) in [7, 11) is 0. The first-order valence-corrected chi connectivity index (χ1v) is 5.77. The van der Waals surface area contributed by atoms with Crippen molar-refractivity contribution in [3.05, 3.63) is 75.8 Å². The smallest absolute Gasteiger partial charge is 0.269 e. The topological polar surface area (TPSA) is 87.2 Å². The Balaban J connectivity index is 2.47. The SMILES string of the molecule is N#[13C]/C(=C(/O)c1ccccc1)c1ccc([N+](=O)[O-])cc1. The number of nitriles is 1. The first-order chi connectivity index (χ1) is 9.63. The van der Waals surface area contributed by atoms with Gasteiger partial charge in [0.15, 0.2) is 0 Å². The highest BCUT2D eigenvalue weighted by Gasteiger charge is 2.12. The van der Waals surface area contributed by atoms with Crippen molar-refractivity contribution in [3.8, 4) is 6.07 Å². The fourth-order valence-electron chi connectivity index (χ4n) is 1.74. The van der Waals surface area contributed by atoms with E-state index in [1.54, 1.807) is 30.3 Å². The van der Waals surface area contributed by atoms with Gasteiger partial charge in [0.2, 0.25) is 0 Å². The van der Waals surface area contributed by atoms with Crippen molar-refractivity contribution in [3.63, 3.8) is 0 Å². The van der Waals surface area contributed by atoms with E-state index < -0.39 is 4.92 Å². The lowest BCUT2D eigenvalue weighted by Crippen LogP contribution is -1.92. The van der Waals surface area contributed by atoms with Crippen molar-refractivity contribution < 1.29 is 10.0 Å². The molecule has 2 aromatic rings. The third-order valence-corrected chi connectivity index (χ3v) is 2.76. The molecule has 2 aromatic carbocycles. The van der Waals surface area contributed by atoms with E-state index in [1.807, 2.05) is 6.07 Å².